The fourth-order valence-corrected chi connectivity index (χ4v) is 4.48. The SMILES string of the molecule is BrCCCCCOc1ccc(-c2ccc(C=C3CCCc4ccccc43)cc2)cc1. The van der Waals surface area contributed by atoms with Crippen LogP contribution in [0.25, 0.3) is 22.8 Å². The van der Waals surface area contributed by atoms with Crippen LogP contribution in [0.4, 0.5) is 0 Å². The van der Waals surface area contributed by atoms with Crippen LogP contribution in [0.1, 0.15) is 48.8 Å². The van der Waals surface area contributed by atoms with Crippen molar-refractivity contribution in [2.24, 2.45) is 0 Å². The van der Waals surface area contributed by atoms with E-state index in [1.165, 1.54) is 59.1 Å². The third-order valence-electron chi connectivity index (χ3n) is 5.74. The molecule has 30 heavy (non-hydrogen) atoms. The van der Waals surface area contributed by atoms with Gasteiger partial charge < -0.3 is 4.74 Å². The maximum absolute atomic E-state index is 5.85. The van der Waals surface area contributed by atoms with Gasteiger partial charge in [0.05, 0.1) is 6.61 Å². The lowest BCUT2D eigenvalue weighted by atomic mass is 9.86. The van der Waals surface area contributed by atoms with Crippen LogP contribution < -0.4 is 4.74 Å². The van der Waals surface area contributed by atoms with Crippen LogP contribution in [0.5, 0.6) is 5.75 Å². The van der Waals surface area contributed by atoms with Crippen molar-refractivity contribution in [2.45, 2.75) is 38.5 Å². The molecule has 4 rings (SSSR count). The van der Waals surface area contributed by atoms with E-state index in [1.807, 2.05) is 0 Å². The Kier molecular flexibility index (Phi) is 7.42. The monoisotopic (exact) mass is 460 g/mol. The molecule has 0 radical (unpaired) electrons. The van der Waals surface area contributed by atoms with E-state index in [4.69, 9.17) is 4.74 Å². The minimum Gasteiger partial charge on any atom is -0.494 e. The second-order valence-electron chi connectivity index (χ2n) is 7.92. The van der Waals surface area contributed by atoms with E-state index in [0.717, 1.165) is 30.5 Å². The number of allylic oxidation sites excluding steroid dienone is 1. The maximum Gasteiger partial charge on any atom is 0.119 e. The molecule has 0 saturated carbocycles. The summed E-state index contributed by atoms with van der Waals surface area (Å²) in [5.74, 6) is 0.954. The van der Waals surface area contributed by atoms with Crippen LogP contribution in [0, 0.1) is 0 Å². The molecule has 3 aromatic rings. The van der Waals surface area contributed by atoms with Crippen LogP contribution >= 0.6 is 15.9 Å². The lowest BCUT2D eigenvalue weighted by molar-refractivity contribution is 0.306. The van der Waals surface area contributed by atoms with Gasteiger partial charge in [-0.05, 0) is 84.0 Å². The van der Waals surface area contributed by atoms with Crippen molar-refractivity contribution in [3.63, 3.8) is 0 Å². The molecule has 0 saturated heterocycles. The molecular weight excluding hydrogens is 432 g/mol. The van der Waals surface area contributed by atoms with Gasteiger partial charge in [0.25, 0.3) is 0 Å². The van der Waals surface area contributed by atoms with Crippen molar-refractivity contribution in [1.29, 1.82) is 0 Å². The van der Waals surface area contributed by atoms with E-state index in [1.54, 1.807) is 0 Å². The smallest absolute Gasteiger partial charge is 0.119 e. The van der Waals surface area contributed by atoms with E-state index in [0.29, 0.717) is 0 Å². The number of hydrogen-bond acceptors (Lipinski definition) is 1. The number of unbranched alkanes of at least 4 members (excludes halogenated alkanes) is 2. The predicted molar refractivity (Wildman–Crippen MR) is 132 cm³/mol. The summed E-state index contributed by atoms with van der Waals surface area (Å²) in [5, 5.41) is 1.07. The lowest BCUT2D eigenvalue weighted by Gasteiger charge is -2.19. The number of hydrogen-bond donors (Lipinski definition) is 0. The fraction of sp³-hybridized carbons (Fsp3) is 0.286. The second-order valence-corrected chi connectivity index (χ2v) is 8.72. The number of benzene rings is 3. The summed E-state index contributed by atoms with van der Waals surface area (Å²) >= 11 is 3.47. The maximum atomic E-state index is 5.85. The number of halogens is 1. The quantitative estimate of drug-likeness (QED) is 0.243. The Morgan fingerprint density at radius 2 is 1.50 bits per heavy atom. The van der Waals surface area contributed by atoms with Gasteiger partial charge in [0, 0.05) is 5.33 Å². The van der Waals surface area contributed by atoms with E-state index in [2.05, 4.69) is 94.8 Å². The molecule has 1 nitrogen and oxygen atoms in total. The molecule has 0 amide bonds. The van der Waals surface area contributed by atoms with Gasteiger partial charge in [0.15, 0.2) is 0 Å². The summed E-state index contributed by atoms with van der Waals surface area (Å²) in [6, 6.07) is 26.2. The summed E-state index contributed by atoms with van der Waals surface area (Å²) < 4.78 is 5.85. The molecule has 0 aromatic heterocycles. The summed E-state index contributed by atoms with van der Waals surface area (Å²) in [4.78, 5) is 0. The molecule has 1 aliphatic carbocycles. The molecule has 0 fully saturated rings. The van der Waals surface area contributed by atoms with Crippen LogP contribution in [0.2, 0.25) is 0 Å². The van der Waals surface area contributed by atoms with E-state index in [9.17, 15) is 0 Å². The average molecular weight is 461 g/mol. The molecule has 0 aliphatic heterocycles. The van der Waals surface area contributed by atoms with Crippen molar-refractivity contribution < 1.29 is 4.74 Å². The van der Waals surface area contributed by atoms with Crippen molar-refractivity contribution >= 4 is 27.6 Å². The zero-order valence-corrected chi connectivity index (χ0v) is 19.0. The highest BCUT2D eigenvalue weighted by atomic mass is 79.9. The normalized spacial score (nSPS) is 14.5. The summed E-state index contributed by atoms with van der Waals surface area (Å²) in [6.45, 7) is 0.791. The van der Waals surface area contributed by atoms with Gasteiger partial charge in [-0.15, -0.1) is 0 Å². The second kappa shape index (κ2) is 10.6. The first kappa shape index (κ1) is 20.9. The molecule has 3 aromatic carbocycles. The Hall–Kier alpha value is -2.32. The fourth-order valence-electron chi connectivity index (χ4n) is 4.09. The van der Waals surface area contributed by atoms with Gasteiger partial charge in [0.1, 0.15) is 5.75 Å². The Bertz CT molecular complexity index is 970. The number of fused-ring (bicyclic) bond motifs is 1. The van der Waals surface area contributed by atoms with Crippen LogP contribution in [0.3, 0.4) is 0 Å². The number of aryl methyl sites for hydroxylation is 1. The van der Waals surface area contributed by atoms with E-state index >= 15 is 0 Å². The van der Waals surface area contributed by atoms with Crippen molar-refractivity contribution in [3.05, 3.63) is 89.5 Å². The number of alkyl halides is 1. The third-order valence-corrected chi connectivity index (χ3v) is 6.30. The summed E-state index contributed by atoms with van der Waals surface area (Å²) in [6.07, 6.45) is 9.48. The molecule has 0 bridgehead atoms. The molecule has 154 valence electrons. The van der Waals surface area contributed by atoms with Crippen molar-refractivity contribution in [1.82, 2.24) is 0 Å². The molecule has 2 heteroatoms. The van der Waals surface area contributed by atoms with Gasteiger partial charge in [-0.1, -0.05) is 82.7 Å². The lowest BCUT2D eigenvalue weighted by Crippen LogP contribution is -2.01. The Balaban J connectivity index is 1.41. The molecule has 0 atom stereocenters. The van der Waals surface area contributed by atoms with Crippen LogP contribution in [0.15, 0.2) is 72.8 Å². The first-order valence-corrected chi connectivity index (χ1v) is 12.1. The number of rotatable bonds is 8. The van der Waals surface area contributed by atoms with Gasteiger partial charge in [-0.2, -0.15) is 0 Å². The Morgan fingerprint density at radius 3 is 2.27 bits per heavy atom. The third kappa shape index (κ3) is 5.43. The minimum atomic E-state index is 0.791. The molecule has 0 spiro atoms. The highest BCUT2D eigenvalue weighted by Crippen LogP contribution is 2.32. The van der Waals surface area contributed by atoms with Gasteiger partial charge in [0.2, 0.25) is 0 Å². The van der Waals surface area contributed by atoms with Crippen LogP contribution in [-0.2, 0) is 6.42 Å². The van der Waals surface area contributed by atoms with Crippen LogP contribution in [-0.4, -0.2) is 11.9 Å². The number of ether oxygens (including phenoxy) is 1. The molecule has 0 unspecified atom stereocenters. The zero-order chi connectivity index (χ0) is 20.6. The zero-order valence-electron chi connectivity index (χ0n) is 17.4. The average Bonchev–Trinajstić information content (AvgIpc) is 2.80. The largest absolute Gasteiger partial charge is 0.494 e. The first-order valence-electron chi connectivity index (χ1n) is 11.0. The Morgan fingerprint density at radius 1 is 0.767 bits per heavy atom. The molecule has 1 aliphatic rings. The summed E-state index contributed by atoms with van der Waals surface area (Å²) in [5.41, 5.74) is 8.11. The highest BCUT2D eigenvalue weighted by molar-refractivity contribution is 9.09. The van der Waals surface area contributed by atoms with Crippen molar-refractivity contribution in [3.8, 4) is 16.9 Å². The minimum absolute atomic E-state index is 0.791. The topological polar surface area (TPSA) is 9.23 Å². The Labute approximate surface area is 188 Å². The van der Waals surface area contributed by atoms with Gasteiger partial charge in [-0.3, -0.25) is 0 Å². The standard InChI is InChI=1S/C28H29BrO/c29-19-4-1-5-20-30-27-17-15-24(16-18-27)23-13-11-22(12-14-23)21-26-9-6-8-25-7-2-3-10-28(25)26/h2-3,7,10-18,21H,1,4-6,8-9,19-20H2. The van der Waals surface area contributed by atoms with Gasteiger partial charge >= 0.3 is 0 Å². The molecule has 0 heterocycles. The molecule has 0 N–H and O–H groups in total. The highest BCUT2D eigenvalue weighted by Gasteiger charge is 2.13. The van der Waals surface area contributed by atoms with E-state index < -0.39 is 0 Å². The van der Waals surface area contributed by atoms with Crippen molar-refractivity contribution in [2.75, 3.05) is 11.9 Å². The van der Waals surface area contributed by atoms with Gasteiger partial charge in [-0.25, -0.2) is 0 Å². The summed E-state index contributed by atoms with van der Waals surface area (Å²) in [7, 11) is 0. The first-order chi connectivity index (χ1) is 14.8. The molecular formula is C28H29BrO. The predicted octanol–water partition coefficient (Wildman–Crippen LogP) is 8.17. The van der Waals surface area contributed by atoms with E-state index in [-0.39, 0.29) is 0 Å².